The Morgan fingerprint density at radius 1 is 1.32 bits per heavy atom. The Bertz CT molecular complexity index is 456. The lowest BCUT2D eigenvalue weighted by Crippen LogP contribution is -2.38. The standard InChI is InChI=1S/C13H19N3O3/c14-11-2-1-10(7-12(11)15)19-8-9-3-5-16(6-4-9)13(17)18/h1-2,7,9H,3-6,8,14-15H2,(H,17,18). The van der Waals surface area contributed by atoms with Crippen molar-refractivity contribution < 1.29 is 14.6 Å². The first-order valence-electron chi connectivity index (χ1n) is 6.32. The number of rotatable bonds is 3. The van der Waals surface area contributed by atoms with Crippen LogP contribution < -0.4 is 16.2 Å². The zero-order valence-corrected chi connectivity index (χ0v) is 10.7. The zero-order chi connectivity index (χ0) is 13.8. The minimum absolute atomic E-state index is 0.384. The molecule has 6 heteroatoms. The lowest BCUT2D eigenvalue weighted by molar-refractivity contribution is 0.111. The molecule has 0 bridgehead atoms. The second-order valence-electron chi connectivity index (χ2n) is 4.81. The number of hydrogen-bond acceptors (Lipinski definition) is 4. The predicted octanol–water partition coefficient (Wildman–Crippen LogP) is 1.62. The number of nitrogens with two attached hydrogens (primary N) is 2. The number of carbonyl (C=O) groups is 1. The van der Waals surface area contributed by atoms with Gasteiger partial charge in [0.2, 0.25) is 0 Å². The second kappa shape index (κ2) is 5.69. The molecule has 0 aliphatic carbocycles. The van der Waals surface area contributed by atoms with Crippen molar-refractivity contribution >= 4 is 17.5 Å². The molecule has 5 N–H and O–H groups in total. The first kappa shape index (κ1) is 13.3. The van der Waals surface area contributed by atoms with Crippen LogP contribution in [0.1, 0.15) is 12.8 Å². The monoisotopic (exact) mass is 265 g/mol. The molecule has 1 aliphatic rings. The smallest absolute Gasteiger partial charge is 0.407 e. The topological polar surface area (TPSA) is 102 Å². The van der Waals surface area contributed by atoms with Crippen molar-refractivity contribution in [2.45, 2.75) is 12.8 Å². The van der Waals surface area contributed by atoms with Crippen molar-refractivity contribution in [2.24, 2.45) is 5.92 Å². The van der Waals surface area contributed by atoms with Crippen LogP contribution in [-0.2, 0) is 0 Å². The number of nitrogens with zero attached hydrogens (tertiary/aromatic N) is 1. The highest BCUT2D eigenvalue weighted by Crippen LogP contribution is 2.23. The molecule has 0 unspecified atom stereocenters. The van der Waals surface area contributed by atoms with Crippen LogP contribution in [0.15, 0.2) is 18.2 Å². The van der Waals surface area contributed by atoms with Gasteiger partial charge in [0.15, 0.2) is 0 Å². The Morgan fingerprint density at radius 3 is 2.58 bits per heavy atom. The average molecular weight is 265 g/mol. The van der Waals surface area contributed by atoms with Crippen LogP contribution in [0, 0.1) is 5.92 Å². The number of carboxylic acid groups (broad SMARTS) is 1. The van der Waals surface area contributed by atoms with Crippen LogP contribution in [0.4, 0.5) is 16.2 Å². The van der Waals surface area contributed by atoms with Crippen molar-refractivity contribution in [3.8, 4) is 5.75 Å². The van der Waals surface area contributed by atoms with Crippen molar-refractivity contribution in [2.75, 3.05) is 31.2 Å². The Kier molecular flexibility index (Phi) is 3.99. The van der Waals surface area contributed by atoms with E-state index >= 15 is 0 Å². The van der Waals surface area contributed by atoms with Gasteiger partial charge in [-0.25, -0.2) is 4.79 Å². The summed E-state index contributed by atoms with van der Waals surface area (Å²) in [5, 5.41) is 8.86. The number of nitrogen functional groups attached to an aromatic ring is 2. The molecule has 1 saturated heterocycles. The summed E-state index contributed by atoms with van der Waals surface area (Å²) < 4.78 is 5.68. The molecule has 1 amide bonds. The third-order valence-electron chi connectivity index (χ3n) is 3.43. The molecule has 6 nitrogen and oxygen atoms in total. The van der Waals surface area contributed by atoms with E-state index in [0.29, 0.717) is 42.7 Å². The van der Waals surface area contributed by atoms with Gasteiger partial charge >= 0.3 is 6.09 Å². The van der Waals surface area contributed by atoms with E-state index in [1.807, 2.05) is 0 Å². The predicted molar refractivity (Wildman–Crippen MR) is 73.1 cm³/mol. The van der Waals surface area contributed by atoms with E-state index in [2.05, 4.69) is 0 Å². The number of anilines is 2. The maximum Gasteiger partial charge on any atom is 0.407 e. The Hall–Kier alpha value is -2.11. The van der Waals surface area contributed by atoms with E-state index in [0.717, 1.165) is 12.8 Å². The molecule has 0 aromatic heterocycles. The number of benzene rings is 1. The average Bonchev–Trinajstić information content (AvgIpc) is 2.40. The Balaban J connectivity index is 1.80. The number of likely N-dealkylation sites (tertiary alicyclic amines) is 1. The summed E-state index contributed by atoms with van der Waals surface area (Å²) in [6.45, 7) is 1.73. The SMILES string of the molecule is Nc1ccc(OCC2CCN(C(=O)O)CC2)cc1N. The lowest BCUT2D eigenvalue weighted by Gasteiger charge is -2.29. The summed E-state index contributed by atoms with van der Waals surface area (Å²) in [5.41, 5.74) is 12.4. The highest BCUT2D eigenvalue weighted by Gasteiger charge is 2.22. The van der Waals surface area contributed by atoms with Crippen molar-refractivity contribution in [3.05, 3.63) is 18.2 Å². The van der Waals surface area contributed by atoms with Crippen molar-refractivity contribution in [3.63, 3.8) is 0 Å². The minimum atomic E-state index is -0.842. The number of hydrogen-bond donors (Lipinski definition) is 3. The van der Waals surface area contributed by atoms with E-state index in [1.54, 1.807) is 18.2 Å². The van der Waals surface area contributed by atoms with Gasteiger partial charge in [0.25, 0.3) is 0 Å². The van der Waals surface area contributed by atoms with Gasteiger partial charge in [0.05, 0.1) is 18.0 Å². The summed E-state index contributed by atoms with van der Waals surface area (Å²) in [4.78, 5) is 12.2. The maximum absolute atomic E-state index is 10.8. The van der Waals surface area contributed by atoms with Crippen LogP contribution in [0.2, 0.25) is 0 Å². The minimum Gasteiger partial charge on any atom is -0.493 e. The van der Waals surface area contributed by atoms with Gasteiger partial charge in [-0.2, -0.15) is 0 Å². The van der Waals surface area contributed by atoms with Gasteiger partial charge < -0.3 is 26.2 Å². The molecule has 0 radical (unpaired) electrons. The molecule has 0 spiro atoms. The van der Waals surface area contributed by atoms with Crippen LogP contribution in [-0.4, -0.2) is 35.8 Å². The fourth-order valence-corrected chi connectivity index (χ4v) is 2.15. The quantitative estimate of drug-likeness (QED) is 0.721. The highest BCUT2D eigenvalue weighted by atomic mass is 16.5. The number of amides is 1. The Labute approximate surface area is 111 Å². The molecule has 104 valence electrons. The Morgan fingerprint density at radius 2 is 2.00 bits per heavy atom. The van der Waals surface area contributed by atoms with Crippen molar-refractivity contribution in [1.82, 2.24) is 4.90 Å². The molecule has 1 aromatic carbocycles. The third kappa shape index (κ3) is 3.43. The van der Waals surface area contributed by atoms with Gasteiger partial charge in [-0.05, 0) is 30.9 Å². The summed E-state index contributed by atoms with van der Waals surface area (Å²) in [6, 6.07) is 5.22. The van der Waals surface area contributed by atoms with E-state index < -0.39 is 6.09 Å². The van der Waals surface area contributed by atoms with Crippen LogP contribution in [0.5, 0.6) is 5.75 Å². The number of piperidine rings is 1. The van der Waals surface area contributed by atoms with Crippen LogP contribution in [0.3, 0.4) is 0 Å². The highest BCUT2D eigenvalue weighted by molar-refractivity contribution is 5.65. The van der Waals surface area contributed by atoms with Crippen molar-refractivity contribution in [1.29, 1.82) is 0 Å². The molecule has 0 saturated carbocycles. The molecule has 1 fully saturated rings. The first-order chi connectivity index (χ1) is 9.06. The fourth-order valence-electron chi connectivity index (χ4n) is 2.15. The number of ether oxygens (including phenoxy) is 1. The summed E-state index contributed by atoms with van der Waals surface area (Å²) >= 11 is 0. The van der Waals surface area contributed by atoms with Crippen LogP contribution >= 0.6 is 0 Å². The van der Waals surface area contributed by atoms with Gasteiger partial charge in [-0.1, -0.05) is 0 Å². The molecular formula is C13H19N3O3. The molecular weight excluding hydrogens is 246 g/mol. The molecule has 1 aromatic rings. The molecule has 19 heavy (non-hydrogen) atoms. The third-order valence-corrected chi connectivity index (χ3v) is 3.43. The molecule has 1 heterocycles. The van der Waals surface area contributed by atoms with E-state index in [4.69, 9.17) is 21.3 Å². The lowest BCUT2D eigenvalue weighted by atomic mass is 9.98. The molecule has 0 atom stereocenters. The van der Waals surface area contributed by atoms with Gasteiger partial charge in [0, 0.05) is 19.2 Å². The first-order valence-corrected chi connectivity index (χ1v) is 6.32. The zero-order valence-electron chi connectivity index (χ0n) is 10.7. The van der Waals surface area contributed by atoms with Gasteiger partial charge in [0.1, 0.15) is 5.75 Å². The summed E-state index contributed by atoms with van der Waals surface area (Å²) in [5.74, 6) is 1.08. The maximum atomic E-state index is 10.8. The normalized spacial score (nSPS) is 16.3. The van der Waals surface area contributed by atoms with E-state index in [1.165, 1.54) is 4.90 Å². The van der Waals surface area contributed by atoms with Crippen LogP contribution in [0.25, 0.3) is 0 Å². The van der Waals surface area contributed by atoms with Gasteiger partial charge in [-0.3, -0.25) is 0 Å². The van der Waals surface area contributed by atoms with E-state index in [9.17, 15) is 4.79 Å². The largest absolute Gasteiger partial charge is 0.493 e. The van der Waals surface area contributed by atoms with E-state index in [-0.39, 0.29) is 0 Å². The molecule has 2 rings (SSSR count). The molecule has 1 aliphatic heterocycles. The second-order valence-corrected chi connectivity index (χ2v) is 4.81. The summed E-state index contributed by atoms with van der Waals surface area (Å²) in [6.07, 6.45) is 0.818. The van der Waals surface area contributed by atoms with Gasteiger partial charge in [-0.15, -0.1) is 0 Å². The fraction of sp³-hybridized carbons (Fsp3) is 0.462. The summed E-state index contributed by atoms with van der Waals surface area (Å²) in [7, 11) is 0.